The summed E-state index contributed by atoms with van der Waals surface area (Å²) in [5.41, 5.74) is 0.0518. The van der Waals surface area contributed by atoms with Gasteiger partial charge in [0.05, 0.1) is 4.34 Å². The van der Waals surface area contributed by atoms with E-state index in [-0.39, 0.29) is 11.7 Å². The Labute approximate surface area is 121 Å². The highest BCUT2D eigenvalue weighted by Gasteiger charge is 2.05. The molecule has 2 heterocycles. The monoisotopic (exact) mass is 299 g/mol. The Morgan fingerprint density at radius 3 is 2.74 bits per heavy atom. The van der Waals surface area contributed by atoms with Crippen molar-refractivity contribution in [3.8, 4) is 0 Å². The predicted octanol–water partition coefficient (Wildman–Crippen LogP) is 2.74. The number of aromatic nitrogens is 2. The maximum atomic E-state index is 12.0. The molecule has 0 aromatic carbocycles. The summed E-state index contributed by atoms with van der Waals surface area (Å²) < 4.78 is 4.27. The molecule has 0 amide bonds. The van der Waals surface area contributed by atoms with Crippen LogP contribution in [0.5, 0.6) is 0 Å². The van der Waals surface area contributed by atoms with Crippen LogP contribution in [0.25, 0.3) is 0 Å². The summed E-state index contributed by atoms with van der Waals surface area (Å²) in [5.74, 6) is 0. The van der Waals surface area contributed by atoms with Gasteiger partial charge in [0.1, 0.15) is 0 Å². The molecule has 0 bridgehead atoms. The third-order valence-corrected chi connectivity index (χ3v) is 4.12. The van der Waals surface area contributed by atoms with Crippen LogP contribution < -0.4 is 11.0 Å². The van der Waals surface area contributed by atoms with Crippen LogP contribution in [0.1, 0.15) is 24.8 Å². The maximum Gasteiger partial charge on any atom is 0.328 e. The molecule has 0 spiro atoms. The molecule has 0 aliphatic rings. The molecular formula is C13H18ClN3OS. The van der Waals surface area contributed by atoms with Gasteiger partial charge < -0.3 is 5.32 Å². The molecule has 2 aromatic rings. The van der Waals surface area contributed by atoms with Gasteiger partial charge in [-0.2, -0.15) is 0 Å². The van der Waals surface area contributed by atoms with Gasteiger partial charge in [0.2, 0.25) is 0 Å². The molecule has 19 heavy (non-hydrogen) atoms. The highest BCUT2D eigenvalue weighted by molar-refractivity contribution is 7.16. The van der Waals surface area contributed by atoms with Crippen molar-refractivity contribution in [1.29, 1.82) is 0 Å². The molecule has 0 unspecified atom stereocenters. The van der Waals surface area contributed by atoms with Crippen molar-refractivity contribution in [2.75, 3.05) is 6.54 Å². The van der Waals surface area contributed by atoms with Gasteiger partial charge in [0, 0.05) is 42.9 Å². The van der Waals surface area contributed by atoms with Crippen molar-refractivity contribution in [2.45, 2.75) is 33.0 Å². The topological polar surface area (TPSA) is 39.0 Å². The third-order valence-electron chi connectivity index (χ3n) is 2.89. The van der Waals surface area contributed by atoms with Gasteiger partial charge in [-0.3, -0.25) is 9.13 Å². The predicted molar refractivity (Wildman–Crippen MR) is 80.1 cm³/mol. The fourth-order valence-electron chi connectivity index (χ4n) is 1.85. The van der Waals surface area contributed by atoms with Crippen molar-refractivity contribution in [2.24, 2.45) is 0 Å². The lowest BCUT2D eigenvalue weighted by Gasteiger charge is -2.05. The first-order valence-electron chi connectivity index (χ1n) is 6.30. The number of halogens is 1. The number of hydrogen-bond donors (Lipinski definition) is 1. The van der Waals surface area contributed by atoms with E-state index in [9.17, 15) is 4.79 Å². The molecule has 104 valence electrons. The van der Waals surface area contributed by atoms with Gasteiger partial charge in [0.15, 0.2) is 0 Å². The van der Waals surface area contributed by atoms with Crippen LogP contribution in [0, 0.1) is 0 Å². The molecule has 4 nitrogen and oxygen atoms in total. The van der Waals surface area contributed by atoms with Gasteiger partial charge in [-0.25, -0.2) is 4.79 Å². The minimum Gasteiger partial charge on any atom is -0.310 e. The van der Waals surface area contributed by atoms with Crippen LogP contribution in [-0.4, -0.2) is 15.7 Å². The summed E-state index contributed by atoms with van der Waals surface area (Å²) in [5, 5.41) is 3.31. The van der Waals surface area contributed by atoms with E-state index in [0.29, 0.717) is 6.54 Å². The second-order valence-electron chi connectivity index (χ2n) is 4.66. The quantitative estimate of drug-likeness (QED) is 0.833. The standard InChI is InChI=1S/C13H18ClN3OS/c1-10(2)17-8-7-16(13(17)18)6-5-15-9-11-3-4-12(14)19-11/h3-4,7-8,10,15H,5-6,9H2,1-2H3. The molecule has 0 radical (unpaired) electrons. The molecule has 0 saturated carbocycles. The molecule has 6 heteroatoms. The van der Waals surface area contributed by atoms with E-state index in [1.54, 1.807) is 20.5 Å². The molecule has 2 aromatic heterocycles. The number of thiophene rings is 1. The number of hydrogen-bond acceptors (Lipinski definition) is 3. The summed E-state index contributed by atoms with van der Waals surface area (Å²) in [6.07, 6.45) is 3.68. The minimum atomic E-state index is 0.0518. The largest absolute Gasteiger partial charge is 0.328 e. The number of nitrogens with zero attached hydrogens (tertiary/aromatic N) is 2. The highest BCUT2D eigenvalue weighted by Crippen LogP contribution is 2.20. The van der Waals surface area contributed by atoms with E-state index < -0.39 is 0 Å². The van der Waals surface area contributed by atoms with Crippen molar-refractivity contribution >= 4 is 22.9 Å². The summed E-state index contributed by atoms with van der Waals surface area (Å²) in [6.45, 7) is 6.24. The van der Waals surface area contributed by atoms with Gasteiger partial charge in [-0.15, -0.1) is 11.3 Å². The van der Waals surface area contributed by atoms with Gasteiger partial charge in [0.25, 0.3) is 0 Å². The van der Waals surface area contributed by atoms with Crippen molar-refractivity contribution in [3.63, 3.8) is 0 Å². The second-order valence-corrected chi connectivity index (χ2v) is 6.46. The van der Waals surface area contributed by atoms with Crippen LogP contribution in [0.3, 0.4) is 0 Å². The lowest BCUT2D eigenvalue weighted by Crippen LogP contribution is -2.29. The molecule has 0 fully saturated rings. The molecule has 0 aliphatic heterocycles. The average molecular weight is 300 g/mol. The zero-order valence-electron chi connectivity index (χ0n) is 11.1. The third kappa shape index (κ3) is 3.72. The van der Waals surface area contributed by atoms with Crippen LogP contribution in [0.4, 0.5) is 0 Å². The molecule has 0 saturated heterocycles. The Bertz CT molecular complexity index is 585. The lowest BCUT2D eigenvalue weighted by atomic mass is 10.4. The summed E-state index contributed by atoms with van der Waals surface area (Å²) in [4.78, 5) is 13.2. The Balaban J connectivity index is 1.81. The van der Waals surface area contributed by atoms with Gasteiger partial charge >= 0.3 is 5.69 Å². The Hall–Kier alpha value is -1.04. The van der Waals surface area contributed by atoms with Crippen LogP contribution in [0.2, 0.25) is 4.34 Å². The number of nitrogens with one attached hydrogen (secondary N) is 1. The molecular weight excluding hydrogens is 282 g/mol. The Morgan fingerprint density at radius 1 is 1.37 bits per heavy atom. The van der Waals surface area contributed by atoms with Gasteiger partial charge in [-0.05, 0) is 26.0 Å². The number of rotatable bonds is 6. The smallest absolute Gasteiger partial charge is 0.310 e. The Morgan fingerprint density at radius 2 is 2.16 bits per heavy atom. The van der Waals surface area contributed by atoms with E-state index in [2.05, 4.69) is 5.32 Å². The Kier molecular flexibility index (Phi) is 4.85. The fraction of sp³-hybridized carbons (Fsp3) is 0.462. The summed E-state index contributed by atoms with van der Waals surface area (Å²) in [7, 11) is 0. The zero-order valence-corrected chi connectivity index (χ0v) is 12.7. The first-order valence-corrected chi connectivity index (χ1v) is 7.49. The molecule has 0 aliphatic carbocycles. The van der Waals surface area contributed by atoms with Gasteiger partial charge in [-0.1, -0.05) is 11.6 Å². The van der Waals surface area contributed by atoms with E-state index >= 15 is 0 Å². The van der Waals surface area contributed by atoms with Crippen molar-refractivity contribution in [3.05, 3.63) is 44.2 Å². The lowest BCUT2D eigenvalue weighted by molar-refractivity contribution is 0.536. The fourth-order valence-corrected chi connectivity index (χ4v) is 2.91. The first-order chi connectivity index (χ1) is 9.08. The second kappa shape index (κ2) is 6.41. The van der Waals surface area contributed by atoms with Crippen LogP contribution in [-0.2, 0) is 13.1 Å². The number of imidazole rings is 1. The van der Waals surface area contributed by atoms with Crippen molar-refractivity contribution < 1.29 is 0 Å². The van der Waals surface area contributed by atoms with Crippen LogP contribution in [0.15, 0.2) is 29.3 Å². The van der Waals surface area contributed by atoms with E-state index in [0.717, 1.165) is 17.4 Å². The van der Waals surface area contributed by atoms with Crippen molar-refractivity contribution in [1.82, 2.24) is 14.5 Å². The maximum absolute atomic E-state index is 12.0. The van der Waals surface area contributed by atoms with E-state index in [1.807, 2.05) is 38.4 Å². The normalized spacial score (nSPS) is 11.4. The average Bonchev–Trinajstić information content (AvgIpc) is 2.92. The molecule has 2 rings (SSSR count). The zero-order chi connectivity index (χ0) is 13.8. The van der Waals surface area contributed by atoms with E-state index in [4.69, 9.17) is 11.6 Å². The highest BCUT2D eigenvalue weighted by atomic mass is 35.5. The molecule has 1 N–H and O–H groups in total. The minimum absolute atomic E-state index is 0.0518. The molecule has 0 atom stereocenters. The van der Waals surface area contributed by atoms with Crippen LogP contribution >= 0.6 is 22.9 Å². The summed E-state index contributed by atoms with van der Waals surface area (Å²) in [6, 6.07) is 4.12. The summed E-state index contributed by atoms with van der Waals surface area (Å²) >= 11 is 7.44. The first kappa shape index (κ1) is 14.4. The SMILES string of the molecule is CC(C)n1ccn(CCNCc2ccc(Cl)s2)c1=O. The van der Waals surface area contributed by atoms with E-state index in [1.165, 1.54) is 4.88 Å².